The number of rotatable bonds is 8. The van der Waals surface area contributed by atoms with Crippen molar-refractivity contribution in [3.05, 3.63) is 47.0 Å². The number of piperidine rings is 1. The standard InChI is InChI=1S/C24H28ClFN6O3/c1-31(2)11-12-35-24-27-8-5-19(28-24)21-22(15-6-9-32(10-7-15)20(34)14-33)29-30-23(21)17-4-3-16(25)13-18(17)26/h3-5,8,13,15,33H,6-7,9-12,14H2,1-2H3,(H,29,30). The van der Waals surface area contributed by atoms with Gasteiger partial charge in [0, 0.05) is 53.6 Å². The summed E-state index contributed by atoms with van der Waals surface area (Å²) in [5.41, 5.74) is 2.75. The molecule has 2 N–H and O–H groups in total. The van der Waals surface area contributed by atoms with Crippen LogP contribution in [0.2, 0.25) is 5.02 Å². The van der Waals surface area contributed by atoms with Crippen molar-refractivity contribution in [2.24, 2.45) is 0 Å². The number of carbonyl (C=O) groups excluding carboxylic acids is 1. The molecule has 0 atom stereocenters. The van der Waals surface area contributed by atoms with Gasteiger partial charge in [-0.15, -0.1) is 0 Å². The van der Waals surface area contributed by atoms with Gasteiger partial charge in [-0.05, 0) is 51.2 Å². The van der Waals surface area contributed by atoms with Crippen LogP contribution in [-0.4, -0.2) is 87.9 Å². The maximum atomic E-state index is 14.9. The van der Waals surface area contributed by atoms with Crippen molar-refractivity contribution in [2.45, 2.75) is 18.8 Å². The molecule has 11 heteroatoms. The smallest absolute Gasteiger partial charge is 0.316 e. The summed E-state index contributed by atoms with van der Waals surface area (Å²) in [6, 6.07) is 6.44. The van der Waals surface area contributed by atoms with Crippen LogP contribution >= 0.6 is 11.6 Å². The number of nitrogens with one attached hydrogen (secondary N) is 1. The first kappa shape index (κ1) is 25.0. The summed E-state index contributed by atoms with van der Waals surface area (Å²) in [5, 5.41) is 17.1. The Morgan fingerprint density at radius 1 is 1.31 bits per heavy atom. The van der Waals surface area contributed by atoms with E-state index in [0.29, 0.717) is 66.6 Å². The Morgan fingerprint density at radius 2 is 2.09 bits per heavy atom. The molecule has 0 bridgehead atoms. The van der Waals surface area contributed by atoms with Crippen molar-refractivity contribution in [1.82, 2.24) is 30.0 Å². The van der Waals surface area contributed by atoms with Gasteiger partial charge in [0.25, 0.3) is 0 Å². The van der Waals surface area contributed by atoms with E-state index in [2.05, 4.69) is 20.2 Å². The van der Waals surface area contributed by atoms with Gasteiger partial charge in [-0.1, -0.05) is 11.6 Å². The zero-order chi connectivity index (χ0) is 24.9. The van der Waals surface area contributed by atoms with Crippen molar-refractivity contribution in [1.29, 1.82) is 0 Å². The van der Waals surface area contributed by atoms with E-state index in [0.717, 1.165) is 5.69 Å². The molecule has 186 valence electrons. The van der Waals surface area contributed by atoms with Crippen molar-refractivity contribution in [3.8, 4) is 28.5 Å². The number of carbonyl (C=O) groups is 1. The van der Waals surface area contributed by atoms with E-state index < -0.39 is 12.4 Å². The molecule has 0 saturated carbocycles. The van der Waals surface area contributed by atoms with Gasteiger partial charge in [0.1, 0.15) is 24.7 Å². The molecule has 1 fully saturated rings. The normalized spacial score (nSPS) is 14.5. The fourth-order valence-corrected chi connectivity index (χ4v) is 4.33. The average molecular weight is 503 g/mol. The van der Waals surface area contributed by atoms with E-state index in [4.69, 9.17) is 16.3 Å². The molecule has 3 heterocycles. The van der Waals surface area contributed by atoms with Crippen LogP contribution in [0, 0.1) is 5.82 Å². The van der Waals surface area contributed by atoms with Crippen LogP contribution in [-0.2, 0) is 4.79 Å². The Labute approximate surface area is 207 Å². The number of hydrogen-bond donors (Lipinski definition) is 2. The lowest BCUT2D eigenvalue weighted by molar-refractivity contribution is -0.135. The third kappa shape index (κ3) is 5.77. The van der Waals surface area contributed by atoms with Gasteiger partial charge in [-0.2, -0.15) is 10.1 Å². The predicted molar refractivity (Wildman–Crippen MR) is 130 cm³/mol. The second-order valence-electron chi connectivity index (χ2n) is 8.67. The van der Waals surface area contributed by atoms with E-state index >= 15 is 0 Å². The number of amides is 1. The predicted octanol–water partition coefficient (Wildman–Crippen LogP) is 2.96. The van der Waals surface area contributed by atoms with Gasteiger partial charge >= 0.3 is 6.01 Å². The van der Waals surface area contributed by atoms with E-state index in [-0.39, 0.29) is 17.8 Å². The molecule has 2 aromatic heterocycles. The lowest BCUT2D eigenvalue weighted by Crippen LogP contribution is -2.39. The molecule has 1 aliphatic heterocycles. The molecular formula is C24H28ClFN6O3. The number of benzene rings is 1. The van der Waals surface area contributed by atoms with E-state index in [9.17, 15) is 14.3 Å². The van der Waals surface area contributed by atoms with Crippen molar-refractivity contribution in [3.63, 3.8) is 0 Å². The van der Waals surface area contributed by atoms with E-state index in [1.807, 2.05) is 19.0 Å². The molecule has 1 aliphatic rings. The van der Waals surface area contributed by atoms with Crippen molar-refractivity contribution in [2.75, 3.05) is 46.9 Å². The fourth-order valence-electron chi connectivity index (χ4n) is 4.17. The summed E-state index contributed by atoms with van der Waals surface area (Å²) < 4.78 is 20.6. The monoisotopic (exact) mass is 502 g/mol. The summed E-state index contributed by atoms with van der Waals surface area (Å²) in [5.74, 6) is -0.735. The minimum Gasteiger partial charge on any atom is -0.462 e. The second-order valence-corrected chi connectivity index (χ2v) is 9.11. The molecule has 35 heavy (non-hydrogen) atoms. The number of aromatic amines is 1. The molecule has 1 amide bonds. The lowest BCUT2D eigenvalue weighted by atomic mass is 9.88. The Bertz CT molecular complexity index is 1180. The maximum Gasteiger partial charge on any atom is 0.316 e. The van der Waals surface area contributed by atoms with Crippen LogP contribution in [0.25, 0.3) is 22.5 Å². The number of likely N-dealkylation sites (N-methyl/N-ethyl adjacent to an activating group) is 1. The number of aromatic nitrogens is 4. The van der Waals surface area contributed by atoms with Crippen LogP contribution < -0.4 is 4.74 Å². The van der Waals surface area contributed by atoms with Gasteiger partial charge in [0.05, 0.1) is 5.69 Å². The summed E-state index contributed by atoms with van der Waals surface area (Å²) in [6.07, 6.45) is 2.94. The van der Waals surface area contributed by atoms with Crippen LogP contribution in [0.4, 0.5) is 4.39 Å². The van der Waals surface area contributed by atoms with Gasteiger partial charge in [-0.25, -0.2) is 9.37 Å². The lowest BCUT2D eigenvalue weighted by Gasteiger charge is -2.31. The number of H-pyrrole nitrogens is 1. The Balaban J connectivity index is 1.71. The fraction of sp³-hybridized carbons (Fsp3) is 0.417. The quantitative estimate of drug-likeness (QED) is 0.487. The number of aliphatic hydroxyl groups is 1. The summed E-state index contributed by atoms with van der Waals surface area (Å²) >= 11 is 5.97. The van der Waals surface area contributed by atoms with Crippen LogP contribution in [0.5, 0.6) is 6.01 Å². The van der Waals surface area contributed by atoms with Crippen LogP contribution in [0.3, 0.4) is 0 Å². The number of likely N-dealkylation sites (tertiary alicyclic amines) is 1. The number of hydrogen-bond acceptors (Lipinski definition) is 7. The SMILES string of the molecule is CN(C)CCOc1nccc(-c2c(-c3ccc(Cl)cc3F)n[nH]c2C2CCN(C(=O)CO)CC2)n1. The van der Waals surface area contributed by atoms with Crippen LogP contribution in [0.15, 0.2) is 30.5 Å². The highest BCUT2D eigenvalue weighted by Gasteiger charge is 2.30. The minimum atomic E-state index is -0.502. The highest BCUT2D eigenvalue weighted by molar-refractivity contribution is 6.30. The molecule has 0 spiro atoms. The zero-order valence-corrected chi connectivity index (χ0v) is 20.4. The molecule has 1 aromatic carbocycles. The maximum absolute atomic E-state index is 14.9. The topological polar surface area (TPSA) is 107 Å². The Hall–Kier alpha value is -3.08. The molecule has 3 aromatic rings. The van der Waals surface area contributed by atoms with E-state index in [1.165, 1.54) is 6.07 Å². The summed E-state index contributed by atoms with van der Waals surface area (Å²) in [6.45, 7) is 1.64. The molecule has 0 aliphatic carbocycles. The van der Waals surface area contributed by atoms with Crippen molar-refractivity contribution >= 4 is 17.5 Å². The molecule has 4 rings (SSSR count). The van der Waals surface area contributed by atoms with Gasteiger partial charge < -0.3 is 19.6 Å². The highest BCUT2D eigenvalue weighted by Crippen LogP contribution is 2.40. The molecule has 0 unspecified atom stereocenters. The number of halogens is 2. The highest BCUT2D eigenvalue weighted by atomic mass is 35.5. The Kier molecular flexibility index (Phi) is 7.94. The average Bonchev–Trinajstić information content (AvgIpc) is 3.28. The third-order valence-electron chi connectivity index (χ3n) is 6.03. The first-order chi connectivity index (χ1) is 16.9. The zero-order valence-electron chi connectivity index (χ0n) is 19.7. The minimum absolute atomic E-state index is 0.0393. The number of aliphatic hydroxyl groups excluding tert-OH is 1. The number of nitrogens with zero attached hydrogens (tertiary/aromatic N) is 5. The van der Waals surface area contributed by atoms with Gasteiger partial charge in [0.2, 0.25) is 5.91 Å². The Morgan fingerprint density at radius 3 is 2.77 bits per heavy atom. The molecule has 9 nitrogen and oxygen atoms in total. The third-order valence-corrected chi connectivity index (χ3v) is 6.27. The van der Waals surface area contributed by atoms with Crippen LogP contribution in [0.1, 0.15) is 24.5 Å². The van der Waals surface area contributed by atoms with Crippen molar-refractivity contribution < 1.29 is 19.0 Å². The molecule has 0 radical (unpaired) electrons. The summed E-state index contributed by atoms with van der Waals surface area (Å²) in [4.78, 5) is 24.3. The second kappa shape index (κ2) is 11.1. The van der Waals surface area contributed by atoms with Gasteiger partial charge in [-0.3, -0.25) is 9.89 Å². The first-order valence-corrected chi connectivity index (χ1v) is 11.8. The van der Waals surface area contributed by atoms with Gasteiger partial charge in [0.15, 0.2) is 0 Å². The molecule has 1 saturated heterocycles. The summed E-state index contributed by atoms with van der Waals surface area (Å²) in [7, 11) is 3.90. The number of ether oxygens (including phenoxy) is 1. The first-order valence-electron chi connectivity index (χ1n) is 11.4. The molecular weight excluding hydrogens is 475 g/mol. The van der Waals surface area contributed by atoms with E-state index in [1.54, 1.807) is 29.3 Å². The largest absolute Gasteiger partial charge is 0.462 e.